The predicted octanol–water partition coefficient (Wildman–Crippen LogP) is 3.71. The van der Waals surface area contributed by atoms with Crippen LogP contribution < -0.4 is 9.64 Å². The number of methoxy groups -OCH3 is 2. The van der Waals surface area contributed by atoms with E-state index in [0.717, 1.165) is 22.0 Å². The second kappa shape index (κ2) is 8.93. The van der Waals surface area contributed by atoms with Gasteiger partial charge in [0.25, 0.3) is 0 Å². The standard InChI is InChI=1S/C19H27BrN2O5/c1-19(2,3)27-18(24)22-10-13-9-15(21(12-23)7-6-8-25-4)17(26-5)16(20)14(13)11-22/h9,12H,6-8,10-11H2,1-5H3. The van der Waals surface area contributed by atoms with E-state index in [0.29, 0.717) is 44.1 Å². The van der Waals surface area contributed by atoms with E-state index in [4.69, 9.17) is 14.2 Å². The number of amides is 2. The van der Waals surface area contributed by atoms with Crippen LogP contribution in [0.4, 0.5) is 10.5 Å². The molecule has 0 aromatic heterocycles. The SMILES string of the molecule is COCCCN(C=O)c1cc2c(c(Br)c1OC)CN(C(=O)OC(C)(C)C)C2. The molecule has 0 atom stereocenters. The van der Waals surface area contributed by atoms with E-state index in [1.165, 1.54) is 0 Å². The van der Waals surface area contributed by atoms with Gasteiger partial charge in [0.1, 0.15) is 5.60 Å². The molecule has 0 fully saturated rings. The van der Waals surface area contributed by atoms with Crippen molar-refractivity contribution in [2.75, 3.05) is 32.3 Å². The van der Waals surface area contributed by atoms with Gasteiger partial charge in [-0.05, 0) is 60.3 Å². The highest BCUT2D eigenvalue weighted by Crippen LogP contribution is 2.43. The maximum atomic E-state index is 12.4. The van der Waals surface area contributed by atoms with Gasteiger partial charge in [-0.1, -0.05) is 0 Å². The molecule has 2 rings (SSSR count). The van der Waals surface area contributed by atoms with E-state index < -0.39 is 5.60 Å². The van der Waals surface area contributed by atoms with Crippen LogP contribution in [0.2, 0.25) is 0 Å². The van der Waals surface area contributed by atoms with E-state index in [9.17, 15) is 9.59 Å². The van der Waals surface area contributed by atoms with Crippen molar-refractivity contribution in [2.45, 2.75) is 45.9 Å². The van der Waals surface area contributed by atoms with Crippen LogP contribution in [0.25, 0.3) is 0 Å². The molecule has 0 unspecified atom stereocenters. The molecule has 0 bridgehead atoms. The first-order valence-corrected chi connectivity index (χ1v) is 9.58. The van der Waals surface area contributed by atoms with Gasteiger partial charge >= 0.3 is 6.09 Å². The van der Waals surface area contributed by atoms with Crippen LogP contribution in [-0.2, 0) is 27.4 Å². The van der Waals surface area contributed by atoms with Gasteiger partial charge in [0, 0.05) is 26.8 Å². The fourth-order valence-electron chi connectivity index (χ4n) is 2.94. The van der Waals surface area contributed by atoms with E-state index in [1.807, 2.05) is 26.8 Å². The molecule has 27 heavy (non-hydrogen) atoms. The number of halogens is 1. The maximum Gasteiger partial charge on any atom is 0.410 e. The number of rotatable bonds is 7. The van der Waals surface area contributed by atoms with E-state index in [1.54, 1.807) is 24.0 Å². The zero-order valence-electron chi connectivity index (χ0n) is 16.5. The zero-order valence-corrected chi connectivity index (χ0v) is 18.1. The fourth-order valence-corrected chi connectivity index (χ4v) is 3.69. The van der Waals surface area contributed by atoms with Crippen LogP contribution in [0, 0.1) is 0 Å². The molecule has 1 aliphatic heterocycles. The van der Waals surface area contributed by atoms with Crippen LogP contribution in [0.3, 0.4) is 0 Å². The van der Waals surface area contributed by atoms with Gasteiger partial charge in [-0.25, -0.2) is 4.79 Å². The lowest BCUT2D eigenvalue weighted by Gasteiger charge is -2.24. The van der Waals surface area contributed by atoms with E-state index in [-0.39, 0.29) is 6.09 Å². The van der Waals surface area contributed by atoms with Crippen LogP contribution in [-0.4, -0.2) is 50.4 Å². The molecule has 8 heteroatoms. The Balaban J connectivity index is 2.30. The van der Waals surface area contributed by atoms with Gasteiger partial charge in [-0.2, -0.15) is 0 Å². The largest absolute Gasteiger partial charge is 0.493 e. The molecule has 1 aromatic carbocycles. The molecule has 1 aromatic rings. The number of hydrogen-bond acceptors (Lipinski definition) is 5. The van der Waals surface area contributed by atoms with Crippen LogP contribution in [0.5, 0.6) is 5.75 Å². The first kappa shape index (κ1) is 21.5. The summed E-state index contributed by atoms with van der Waals surface area (Å²) in [6, 6.07) is 1.91. The summed E-state index contributed by atoms with van der Waals surface area (Å²) in [7, 11) is 3.19. The zero-order chi connectivity index (χ0) is 20.2. The highest BCUT2D eigenvalue weighted by molar-refractivity contribution is 9.10. The number of hydrogen-bond donors (Lipinski definition) is 0. The van der Waals surface area contributed by atoms with Gasteiger partial charge in [0.05, 0.1) is 23.8 Å². The lowest BCUT2D eigenvalue weighted by atomic mass is 10.1. The second-order valence-corrected chi connectivity index (χ2v) is 8.16. The highest BCUT2D eigenvalue weighted by Gasteiger charge is 2.32. The highest BCUT2D eigenvalue weighted by atomic mass is 79.9. The summed E-state index contributed by atoms with van der Waals surface area (Å²) in [5, 5.41) is 0. The first-order valence-electron chi connectivity index (χ1n) is 8.78. The minimum absolute atomic E-state index is 0.363. The van der Waals surface area contributed by atoms with Crippen molar-refractivity contribution in [1.29, 1.82) is 0 Å². The molecule has 0 N–H and O–H groups in total. The summed E-state index contributed by atoms with van der Waals surface area (Å²) in [4.78, 5) is 27.3. The third-order valence-electron chi connectivity index (χ3n) is 4.15. The number of nitrogens with zero attached hydrogens (tertiary/aromatic N) is 2. The quantitative estimate of drug-likeness (QED) is 0.475. The Kier molecular flexibility index (Phi) is 7.11. The van der Waals surface area contributed by atoms with Crippen LogP contribution >= 0.6 is 15.9 Å². The third kappa shape index (κ3) is 5.13. The third-order valence-corrected chi connectivity index (χ3v) is 4.98. The van der Waals surface area contributed by atoms with Crippen molar-refractivity contribution < 1.29 is 23.8 Å². The normalized spacial score (nSPS) is 13.3. The molecule has 150 valence electrons. The lowest BCUT2D eigenvalue weighted by molar-refractivity contribution is -0.107. The van der Waals surface area contributed by atoms with Gasteiger partial charge in [0.2, 0.25) is 6.41 Å². The second-order valence-electron chi connectivity index (χ2n) is 7.36. The smallest absolute Gasteiger partial charge is 0.410 e. The predicted molar refractivity (Wildman–Crippen MR) is 106 cm³/mol. The molecule has 0 saturated heterocycles. The summed E-state index contributed by atoms with van der Waals surface area (Å²) in [6.45, 7) is 7.43. The molecule has 7 nitrogen and oxygen atoms in total. The van der Waals surface area contributed by atoms with Gasteiger partial charge in [0.15, 0.2) is 5.75 Å². The summed E-state index contributed by atoms with van der Waals surface area (Å²) in [6.07, 6.45) is 1.13. The molecule has 0 saturated carbocycles. The molecule has 1 heterocycles. The summed E-state index contributed by atoms with van der Waals surface area (Å²) < 4.78 is 16.8. The van der Waals surface area contributed by atoms with Crippen LogP contribution in [0.15, 0.2) is 10.5 Å². The number of fused-ring (bicyclic) bond motifs is 1. The number of ether oxygens (including phenoxy) is 3. The van der Waals surface area contributed by atoms with Gasteiger partial charge in [-0.3, -0.25) is 9.69 Å². The van der Waals surface area contributed by atoms with Gasteiger partial charge < -0.3 is 19.1 Å². The first-order chi connectivity index (χ1) is 12.7. The molecular formula is C19H27BrN2O5. The van der Waals surface area contributed by atoms with Crippen molar-refractivity contribution in [3.05, 3.63) is 21.7 Å². The van der Waals surface area contributed by atoms with Crippen molar-refractivity contribution in [3.63, 3.8) is 0 Å². The molecule has 0 aliphatic carbocycles. The summed E-state index contributed by atoms with van der Waals surface area (Å²) >= 11 is 3.59. The minimum atomic E-state index is -0.554. The van der Waals surface area contributed by atoms with Crippen molar-refractivity contribution in [1.82, 2.24) is 4.90 Å². The number of benzene rings is 1. The van der Waals surface area contributed by atoms with Crippen molar-refractivity contribution in [2.24, 2.45) is 0 Å². The average molecular weight is 443 g/mol. The Morgan fingerprint density at radius 3 is 2.59 bits per heavy atom. The molecular weight excluding hydrogens is 416 g/mol. The number of anilines is 1. The number of carbonyl (C=O) groups excluding carboxylic acids is 2. The fraction of sp³-hybridized carbons (Fsp3) is 0.579. The Bertz CT molecular complexity index is 702. The van der Waals surface area contributed by atoms with E-state index >= 15 is 0 Å². The molecule has 0 spiro atoms. The topological polar surface area (TPSA) is 68.3 Å². The van der Waals surface area contributed by atoms with E-state index in [2.05, 4.69) is 15.9 Å². The molecule has 2 amide bonds. The van der Waals surface area contributed by atoms with Crippen LogP contribution in [0.1, 0.15) is 38.3 Å². The number of carbonyl (C=O) groups is 2. The summed E-state index contributed by atoms with van der Waals surface area (Å²) in [5.74, 6) is 0.573. The van der Waals surface area contributed by atoms with Gasteiger partial charge in [-0.15, -0.1) is 0 Å². The lowest BCUT2D eigenvalue weighted by Crippen LogP contribution is -2.33. The van der Waals surface area contributed by atoms with Crippen molar-refractivity contribution in [3.8, 4) is 5.75 Å². The Hall–Kier alpha value is -1.80. The molecule has 0 radical (unpaired) electrons. The summed E-state index contributed by atoms with van der Waals surface area (Å²) in [5.41, 5.74) is 2.04. The maximum absolute atomic E-state index is 12.4. The molecule has 1 aliphatic rings. The minimum Gasteiger partial charge on any atom is -0.493 e. The average Bonchev–Trinajstić information content (AvgIpc) is 3.02. The Morgan fingerprint density at radius 2 is 2.04 bits per heavy atom. The Morgan fingerprint density at radius 1 is 1.33 bits per heavy atom. The Labute approximate surface area is 168 Å². The monoisotopic (exact) mass is 442 g/mol. The van der Waals surface area contributed by atoms with Crippen molar-refractivity contribution >= 4 is 34.1 Å².